The highest BCUT2D eigenvalue weighted by Gasteiger charge is 2.14. The van der Waals surface area contributed by atoms with E-state index in [1.165, 1.54) is 13.9 Å². The van der Waals surface area contributed by atoms with Crippen LogP contribution in [-0.4, -0.2) is 7.28 Å². The summed E-state index contributed by atoms with van der Waals surface area (Å²) >= 11 is 5.10. The van der Waals surface area contributed by atoms with E-state index in [0.29, 0.717) is 0 Å². The van der Waals surface area contributed by atoms with E-state index >= 15 is 0 Å². The second kappa shape index (κ2) is 4.09. The predicted molar refractivity (Wildman–Crippen MR) is 68.7 cm³/mol. The van der Waals surface area contributed by atoms with Gasteiger partial charge in [0.05, 0.1) is 9.24 Å². The van der Waals surface area contributed by atoms with Crippen molar-refractivity contribution in [3.05, 3.63) is 28.7 Å². The van der Waals surface area contributed by atoms with Crippen LogP contribution in [0.4, 0.5) is 0 Å². The average molecular weight is 238 g/mol. The summed E-state index contributed by atoms with van der Waals surface area (Å²) in [4.78, 5) is 2.28. The predicted octanol–water partition coefficient (Wildman–Crippen LogP) is 2.64. The number of allylic oxidation sites excluding steroid dienone is 1. The lowest BCUT2D eigenvalue weighted by Gasteiger charge is -1.95. The summed E-state index contributed by atoms with van der Waals surface area (Å²) in [5.41, 5.74) is 5.84. The third kappa shape index (κ3) is 2.05. The number of thiophene rings is 1. The molecule has 2 N–H and O–H groups in total. The van der Waals surface area contributed by atoms with Crippen molar-refractivity contribution < 1.29 is 0 Å². The first-order valence-corrected chi connectivity index (χ1v) is 6.59. The van der Waals surface area contributed by atoms with Gasteiger partial charge < -0.3 is 5.73 Å². The highest BCUT2D eigenvalue weighted by atomic mass is 32.2. The quantitative estimate of drug-likeness (QED) is 0.762. The molecule has 2 rings (SSSR count). The van der Waals surface area contributed by atoms with Crippen LogP contribution >= 0.6 is 34.9 Å². The summed E-state index contributed by atoms with van der Waals surface area (Å²) in [6, 6.07) is 2.19. The van der Waals surface area contributed by atoms with Crippen molar-refractivity contribution in [2.24, 2.45) is 5.73 Å². The Morgan fingerprint density at radius 1 is 1.43 bits per heavy atom. The molecule has 0 fully saturated rings. The van der Waals surface area contributed by atoms with Gasteiger partial charge in [-0.25, -0.2) is 0 Å². The molecule has 1 aromatic heterocycles. The highest BCUT2D eigenvalue weighted by Crippen LogP contribution is 2.43. The molecule has 1 radical (unpaired) electrons. The van der Waals surface area contributed by atoms with Crippen molar-refractivity contribution in [1.29, 1.82) is 0 Å². The molecule has 0 unspecified atom stereocenters. The van der Waals surface area contributed by atoms with Crippen molar-refractivity contribution in [1.82, 2.24) is 0 Å². The number of hydrogen-bond donors (Lipinski definition) is 1. The lowest BCUT2D eigenvalue weighted by Crippen LogP contribution is -2.02. The van der Waals surface area contributed by atoms with Crippen LogP contribution in [-0.2, 0) is 0 Å². The average Bonchev–Trinajstić information content (AvgIpc) is 2.42. The minimum atomic E-state index is 0.825. The van der Waals surface area contributed by atoms with Crippen LogP contribution in [0.1, 0.15) is 0 Å². The first-order chi connectivity index (χ1) is 6.69. The van der Waals surface area contributed by atoms with Gasteiger partial charge in [-0.2, -0.15) is 0 Å². The minimum absolute atomic E-state index is 0.825. The second-order valence-electron chi connectivity index (χ2n) is 2.81. The Hall–Kier alpha value is -0.255. The molecule has 1 aliphatic heterocycles. The molecule has 0 aromatic carbocycles. The van der Waals surface area contributed by atoms with E-state index in [0.717, 1.165) is 9.93 Å². The maximum Gasteiger partial charge on any atom is 0.162 e. The van der Waals surface area contributed by atoms with Crippen molar-refractivity contribution >= 4 is 46.9 Å². The first kappa shape index (κ1) is 10.3. The smallest absolute Gasteiger partial charge is 0.162 e. The zero-order valence-corrected chi connectivity index (χ0v) is 10.2. The third-order valence-corrected chi connectivity index (χ3v) is 5.16. The molecule has 1 aromatic rings. The van der Waals surface area contributed by atoms with Crippen molar-refractivity contribution in [2.75, 3.05) is 0 Å². The molecule has 14 heavy (non-hydrogen) atoms. The summed E-state index contributed by atoms with van der Waals surface area (Å²) < 4.78 is 2.56. The molecule has 0 spiro atoms. The van der Waals surface area contributed by atoms with Gasteiger partial charge in [0, 0.05) is 9.80 Å². The Kier molecular flexibility index (Phi) is 3.00. The summed E-state index contributed by atoms with van der Waals surface area (Å²) in [5, 5.41) is 0.825. The van der Waals surface area contributed by atoms with E-state index in [1.807, 2.05) is 6.08 Å². The monoisotopic (exact) mass is 238 g/mol. The molecule has 1 nitrogen and oxygen atoms in total. The molecule has 0 atom stereocenters. The summed E-state index contributed by atoms with van der Waals surface area (Å²) in [7, 11) is 2.11. The molecule has 1 aliphatic rings. The van der Waals surface area contributed by atoms with Crippen LogP contribution in [0.2, 0.25) is 6.82 Å². The Balaban J connectivity index is 2.40. The fourth-order valence-electron chi connectivity index (χ4n) is 1.13. The standard InChI is InChI=1S/C9H9BNS3/c1-5-3-8(11)14-9-6(12-5)4-7(10-2)13-9/h3-4H,1,11H2,2H3. The van der Waals surface area contributed by atoms with Crippen LogP contribution in [0.5, 0.6) is 0 Å². The van der Waals surface area contributed by atoms with Gasteiger partial charge in [0.2, 0.25) is 0 Å². The number of hydrogen-bond acceptors (Lipinski definition) is 4. The Bertz CT molecular complexity index is 408. The van der Waals surface area contributed by atoms with E-state index in [4.69, 9.17) is 5.73 Å². The fourth-order valence-corrected chi connectivity index (χ4v) is 4.50. The van der Waals surface area contributed by atoms with E-state index < -0.39 is 0 Å². The number of nitrogens with two attached hydrogens (primary N) is 1. The molecule has 0 amide bonds. The molecule has 5 heteroatoms. The Labute approximate surface area is 97.1 Å². The summed E-state index contributed by atoms with van der Waals surface area (Å²) in [6.07, 6.45) is 1.93. The number of fused-ring (bicyclic) bond motifs is 1. The lowest BCUT2D eigenvalue weighted by atomic mass is 9.81. The topological polar surface area (TPSA) is 26.0 Å². The minimum Gasteiger partial charge on any atom is -0.393 e. The van der Waals surface area contributed by atoms with Gasteiger partial charge in [0.1, 0.15) is 0 Å². The molecular formula is C9H9BNS3. The van der Waals surface area contributed by atoms with Crippen LogP contribution in [0.25, 0.3) is 0 Å². The first-order valence-electron chi connectivity index (χ1n) is 4.14. The lowest BCUT2D eigenvalue weighted by molar-refractivity contribution is 1.41. The van der Waals surface area contributed by atoms with Crippen LogP contribution in [0.3, 0.4) is 0 Å². The molecule has 2 heterocycles. The molecule has 71 valence electrons. The second-order valence-corrected chi connectivity index (χ2v) is 6.40. The molecule has 0 aliphatic carbocycles. The Morgan fingerprint density at radius 2 is 2.21 bits per heavy atom. The van der Waals surface area contributed by atoms with Gasteiger partial charge in [0.25, 0.3) is 0 Å². The number of thioether (sulfide) groups is 2. The molecule has 0 bridgehead atoms. The van der Waals surface area contributed by atoms with Crippen molar-refractivity contribution in [3.8, 4) is 0 Å². The van der Waals surface area contributed by atoms with Gasteiger partial charge in [-0.1, -0.05) is 36.9 Å². The van der Waals surface area contributed by atoms with E-state index in [9.17, 15) is 0 Å². The zero-order valence-electron chi connectivity index (χ0n) is 7.74. The largest absolute Gasteiger partial charge is 0.393 e. The van der Waals surface area contributed by atoms with Gasteiger partial charge in [0.15, 0.2) is 7.28 Å². The molecular weight excluding hydrogens is 229 g/mol. The summed E-state index contributed by atoms with van der Waals surface area (Å²) in [5.74, 6) is 0. The zero-order chi connectivity index (χ0) is 10.1. The van der Waals surface area contributed by atoms with E-state index in [-0.39, 0.29) is 0 Å². The van der Waals surface area contributed by atoms with E-state index in [1.54, 1.807) is 34.9 Å². The van der Waals surface area contributed by atoms with Gasteiger partial charge in [-0.3, -0.25) is 0 Å². The van der Waals surface area contributed by atoms with Crippen molar-refractivity contribution in [3.63, 3.8) is 0 Å². The van der Waals surface area contributed by atoms with Gasteiger partial charge in [-0.15, -0.1) is 11.3 Å². The van der Waals surface area contributed by atoms with Crippen LogP contribution in [0.15, 0.2) is 37.8 Å². The summed E-state index contributed by atoms with van der Waals surface area (Å²) in [6.45, 7) is 6.00. The highest BCUT2D eigenvalue weighted by molar-refractivity contribution is 8.08. The van der Waals surface area contributed by atoms with Gasteiger partial charge in [-0.05, 0) is 16.9 Å². The normalized spacial score (nSPS) is 15.8. The SMILES string of the molecule is C=C1C=C(N)Sc2sc([B]C)cc2S1. The fraction of sp³-hybridized carbons (Fsp3) is 0.111. The number of rotatable bonds is 1. The van der Waals surface area contributed by atoms with E-state index in [2.05, 4.69) is 26.7 Å². The van der Waals surface area contributed by atoms with Crippen LogP contribution in [0, 0.1) is 0 Å². The third-order valence-electron chi connectivity index (χ3n) is 1.72. The maximum absolute atomic E-state index is 5.84. The molecule has 0 saturated heterocycles. The van der Waals surface area contributed by atoms with Crippen molar-refractivity contribution in [2.45, 2.75) is 15.9 Å². The van der Waals surface area contributed by atoms with Crippen LogP contribution < -0.4 is 10.5 Å². The molecule has 0 saturated carbocycles. The van der Waals surface area contributed by atoms with Gasteiger partial charge >= 0.3 is 0 Å². The Morgan fingerprint density at radius 3 is 2.93 bits per heavy atom. The maximum atomic E-state index is 5.84.